The van der Waals surface area contributed by atoms with Gasteiger partial charge in [-0.3, -0.25) is 18.7 Å². The van der Waals surface area contributed by atoms with Gasteiger partial charge in [-0.1, -0.05) is 143 Å². The molecule has 19 nitrogen and oxygen atoms in total. The quantitative estimate of drug-likeness (QED) is 0.0354. The molecule has 3 radical (unpaired) electrons. The summed E-state index contributed by atoms with van der Waals surface area (Å²) in [6.07, 6.45) is 26.9. The minimum atomic E-state index is -1.27. The van der Waals surface area contributed by atoms with Crippen LogP contribution in [0.1, 0.15) is 143 Å². The summed E-state index contributed by atoms with van der Waals surface area (Å²) >= 11 is 30.2. The molecule has 13 rings (SSSR count). The van der Waals surface area contributed by atoms with Crippen molar-refractivity contribution in [2.24, 2.45) is 45.3 Å². The molecule has 4 aliphatic carbocycles. The molecule has 8 unspecified atom stereocenters. The number of aromatic nitrogens is 12. The summed E-state index contributed by atoms with van der Waals surface area (Å²) < 4.78 is 13.3. The van der Waals surface area contributed by atoms with Crippen LogP contribution in [0.25, 0.3) is 0 Å². The Morgan fingerprint density at radius 2 is 0.784 bits per heavy atom. The van der Waals surface area contributed by atoms with Gasteiger partial charge >= 0.3 is 59.1 Å². The van der Waals surface area contributed by atoms with Crippen molar-refractivity contribution in [1.82, 2.24) is 59.1 Å². The fourth-order valence-corrected chi connectivity index (χ4v) is 17.6. The fourth-order valence-electron chi connectivity index (χ4n) is 16.8. The Labute approximate surface area is 675 Å². The van der Waals surface area contributed by atoms with Gasteiger partial charge < -0.3 is 36.8 Å². The summed E-state index contributed by atoms with van der Waals surface area (Å²) in [6, 6.07) is 31.6. The van der Waals surface area contributed by atoms with Crippen LogP contribution >= 0.6 is 58.0 Å². The largest absolute Gasteiger partial charge is 1.00 e. The molecule has 27 heteroatoms. The number of benzene rings is 4. The molecule has 102 heavy (non-hydrogen) atoms. The summed E-state index contributed by atoms with van der Waals surface area (Å²) in [7, 11) is 0. The van der Waals surface area contributed by atoms with E-state index in [1.165, 1.54) is 61.3 Å². The smallest absolute Gasteiger partial charge is 1.00 e. The van der Waals surface area contributed by atoms with Gasteiger partial charge in [0.05, 0.1) is 68.4 Å². The molecule has 4 aromatic heterocycles. The molecule has 1 aliphatic heterocycles. The molecule has 5 aliphatic rings. The summed E-state index contributed by atoms with van der Waals surface area (Å²) in [5.74, 6) is 1.16. The fraction of sp³-hybridized carbons (Fsp3) is 0.573. The maximum absolute atomic E-state index is 11.8. The van der Waals surface area contributed by atoms with Crippen molar-refractivity contribution in [2.45, 2.75) is 199 Å². The third-order valence-corrected chi connectivity index (χ3v) is 24.6. The van der Waals surface area contributed by atoms with Crippen LogP contribution in [0.4, 0.5) is 0 Å². The van der Waals surface area contributed by atoms with Crippen molar-refractivity contribution in [3.63, 3.8) is 0 Å². The predicted octanol–water partition coefficient (Wildman–Crippen LogP) is 6.60. The van der Waals surface area contributed by atoms with Gasteiger partial charge in [-0.15, -0.1) is 17.2 Å². The second-order valence-corrected chi connectivity index (χ2v) is 31.6. The molecule has 0 spiro atoms. The number of hydrogen-bond acceptors (Lipinski definition) is 15. The van der Waals surface area contributed by atoms with Crippen LogP contribution in [0.3, 0.4) is 0 Å². The average Bonchev–Trinajstić information content (AvgIpc) is 1.58. The molecule has 1 saturated heterocycles. The first-order valence-corrected chi connectivity index (χ1v) is 36.8. The van der Waals surface area contributed by atoms with Crippen LogP contribution in [-0.2, 0) is 56.6 Å². The van der Waals surface area contributed by atoms with Gasteiger partial charge in [0, 0.05) is 56.0 Å². The topological polar surface area (TPSA) is 256 Å². The van der Waals surface area contributed by atoms with Crippen molar-refractivity contribution < 1.29 is 95.9 Å². The first-order chi connectivity index (χ1) is 47.2. The molecule has 4 aromatic carbocycles. The van der Waals surface area contributed by atoms with E-state index in [1.54, 1.807) is 60.1 Å². The number of alkyl halides is 1. The Kier molecular flexibility index (Phi) is 32.8. The maximum Gasteiger partial charge on any atom is 1.00 e. The van der Waals surface area contributed by atoms with Crippen LogP contribution in [0.2, 0.25) is 20.1 Å². The third kappa shape index (κ3) is 20.1. The second-order valence-electron chi connectivity index (χ2n) is 29.6. The second kappa shape index (κ2) is 38.2. The number of nitrogens with zero attached hydrogens (tertiary/aromatic N) is 12. The first kappa shape index (κ1) is 87.6. The Hall–Kier alpha value is -3.33. The van der Waals surface area contributed by atoms with E-state index in [4.69, 9.17) is 62.7 Å². The Bertz CT molecular complexity index is 3480. The predicted molar refractivity (Wildman–Crippen MR) is 393 cm³/mol. The van der Waals surface area contributed by atoms with E-state index in [1.807, 2.05) is 77.5 Å². The van der Waals surface area contributed by atoms with Gasteiger partial charge in [-0.25, -0.2) is 19.9 Å². The van der Waals surface area contributed by atoms with Crippen molar-refractivity contribution >= 4 is 66.4 Å². The number of halogens is 5. The standard InChI is InChI=1S/C19H26ClN3O.C18H22ClN3O.C17H21Cl2N3O.C17H22ClN3O3.C4H9O.B.2Na.H/c1-3-18(4-2)10-9-16(11-15-5-7-17(20)8-6-15)19(18,24)12-23-14-21-13-22-23;1-2-17-8-7-15(9-14-3-5-16(19)6-4-14)18(17,23-11-17)10-22-13-20-12-21-22;1-16(9-18)7-6-14(8-13-2-4-15(19)5-3-13)17(16,23)10-22-12-20-11-21-22;18-15-3-1-13(2-4-15)7-14-5-6-16(9-22,10-23)17(14,24)8-21-12-19-11-20-21;1-4(2,3)5;;;;/h5-8,13-14,16,24H,3-4,9-12H2,1-2H3;3-6,12-13,15H,2,7-11H2,1H3;2-5,11-12,14,23H,6-10H2,1H3;1-4,11-12,14,22-24H,5-10H2;1-3H3;;;;/q;;;;-1;;2*+1;-1/t;;14?,16-,17-;;;;;;/m..0....../s1. The van der Waals surface area contributed by atoms with Crippen molar-refractivity contribution in [3.8, 4) is 0 Å². The van der Waals surface area contributed by atoms with E-state index in [0.717, 1.165) is 98.0 Å². The molecular formula is C75H101BCl5N12Na2O7. The summed E-state index contributed by atoms with van der Waals surface area (Å²) in [5, 5.41) is 84.6. The number of ether oxygens (including phenoxy) is 1. The Balaban J connectivity index is 0.000000238. The van der Waals surface area contributed by atoms with Gasteiger partial charge in [-0.05, 0) is 191 Å². The molecule has 8 aromatic rings. The van der Waals surface area contributed by atoms with Crippen molar-refractivity contribution in [2.75, 3.05) is 25.7 Å². The van der Waals surface area contributed by atoms with Crippen LogP contribution in [0.5, 0.6) is 0 Å². The van der Waals surface area contributed by atoms with Gasteiger partial charge in [0.15, 0.2) is 0 Å². The van der Waals surface area contributed by atoms with Crippen molar-refractivity contribution in [3.05, 3.63) is 190 Å². The van der Waals surface area contributed by atoms with E-state index in [9.17, 15) is 30.6 Å². The van der Waals surface area contributed by atoms with Gasteiger partial charge in [-0.2, -0.15) is 20.4 Å². The van der Waals surface area contributed by atoms with Gasteiger partial charge in [0.25, 0.3) is 0 Å². The Morgan fingerprint density at radius 1 is 0.480 bits per heavy atom. The van der Waals surface area contributed by atoms with Gasteiger partial charge in [0.1, 0.15) is 50.6 Å². The number of aliphatic hydroxyl groups is 5. The monoisotopic (exact) mass is 1510 g/mol. The average molecular weight is 1520 g/mol. The summed E-state index contributed by atoms with van der Waals surface area (Å²) in [5.41, 5.74) is -0.0579. The zero-order valence-corrected chi connectivity index (χ0v) is 68.6. The molecule has 5 heterocycles. The van der Waals surface area contributed by atoms with E-state index in [0.29, 0.717) is 48.2 Å². The molecule has 0 amide bonds. The van der Waals surface area contributed by atoms with Crippen LogP contribution < -0.4 is 64.2 Å². The number of fused-ring (bicyclic) bond motifs is 1. The number of aliphatic hydroxyl groups excluding tert-OH is 2. The summed E-state index contributed by atoms with van der Waals surface area (Å²) in [4.78, 5) is 16.0. The Morgan fingerprint density at radius 3 is 1.09 bits per heavy atom. The van der Waals surface area contributed by atoms with Crippen LogP contribution in [0, 0.1) is 45.3 Å². The minimum absolute atomic E-state index is 0. The summed E-state index contributed by atoms with van der Waals surface area (Å²) in [6.45, 7) is 15.9. The molecular weight excluding hydrogens is 1410 g/mol. The van der Waals surface area contributed by atoms with Crippen molar-refractivity contribution in [1.29, 1.82) is 0 Å². The normalized spacial score (nSPS) is 27.0. The van der Waals surface area contributed by atoms with Crippen LogP contribution in [0.15, 0.2) is 148 Å². The molecule has 0 bridgehead atoms. The minimum Gasteiger partial charge on any atom is -1.00 e. The van der Waals surface area contributed by atoms with E-state index < -0.39 is 27.8 Å². The molecule has 4 saturated carbocycles. The van der Waals surface area contributed by atoms with Crippen LogP contribution in [-0.4, -0.2) is 147 Å². The van der Waals surface area contributed by atoms with E-state index in [2.05, 4.69) is 92.3 Å². The maximum atomic E-state index is 11.8. The van der Waals surface area contributed by atoms with E-state index >= 15 is 0 Å². The van der Waals surface area contributed by atoms with E-state index in [-0.39, 0.29) is 123 Å². The molecule has 5 N–H and O–H groups in total. The molecule has 5 fully saturated rings. The zero-order valence-electron chi connectivity index (χ0n) is 61.8. The first-order valence-electron chi connectivity index (χ1n) is 34.8. The van der Waals surface area contributed by atoms with Gasteiger partial charge in [0.2, 0.25) is 0 Å². The zero-order chi connectivity index (χ0) is 71.3. The molecule has 10 atom stereocenters. The number of hydrogen-bond donors (Lipinski definition) is 5. The SMILES string of the molecule is CC(C)(C)[O-].CCC1(CC)CCC(Cc2ccc(Cl)cc2)C1(O)Cn1cncn1.CCC12CCC(Cc3ccc(Cl)cc3)C1(Cn1cncn1)OC2.C[C@@]1(CCl)CCC(Cc2ccc(Cl)cc2)[C@@]1(O)Cn1cncn1.OCC1(CO)CCC(Cc2ccc(Cl)cc2)C1(O)Cn1cncn1.[B].[H-].[Na+].[Na+]. The number of rotatable bonds is 22. The molecule has 543 valence electrons. The third-order valence-electron chi connectivity index (χ3n) is 23.0.